The van der Waals surface area contributed by atoms with Gasteiger partial charge in [0.2, 0.25) is 0 Å². The molecule has 108 valence electrons. The van der Waals surface area contributed by atoms with Gasteiger partial charge in [-0.3, -0.25) is 4.90 Å². The number of likely N-dealkylation sites (tertiary alicyclic amines) is 1. The van der Waals surface area contributed by atoms with Crippen LogP contribution in [-0.4, -0.2) is 37.8 Å². The molecule has 4 heteroatoms. The van der Waals surface area contributed by atoms with Gasteiger partial charge >= 0.3 is 0 Å². The van der Waals surface area contributed by atoms with Crippen LogP contribution >= 0.6 is 0 Å². The fourth-order valence-electron chi connectivity index (χ4n) is 2.82. The molecule has 20 heavy (non-hydrogen) atoms. The normalized spacial score (nSPS) is 23.3. The largest absolute Gasteiger partial charge is 0.496 e. The number of nitrogens with zero attached hydrogens (tertiary/aromatic N) is 2. The molecule has 4 nitrogen and oxygen atoms in total. The lowest BCUT2D eigenvalue weighted by molar-refractivity contribution is -0.0528. The molecule has 0 N–H and O–H groups in total. The minimum absolute atomic E-state index is 0.0711. The highest BCUT2D eigenvalue weighted by atomic mass is 16.5. The minimum Gasteiger partial charge on any atom is -0.496 e. The molecule has 0 aromatic heterocycles. The molecule has 2 rings (SSSR count). The lowest BCUT2D eigenvalue weighted by Gasteiger charge is -2.39. The maximum absolute atomic E-state index is 9.03. The maximum atomic E-state index is 9.03. The Hall–Kier alpha value is -1.57. The van der Waals surface area contributed by atoms with E-state index in [1.165, 1.54) is 0 Å². The molecule has 1 atom stereocenters. The molecule has 0 bridgehead atoms. The smallest absolute Gasteiger partial charge is 0.123 e. The molecule has 0 amide bonds. The Labute approximate surface area is 120 Å². The summed E-state index contributed by atoms with van der Waals surface area (Å²) in [5.74, 6) is 0.841. The van der Waals surface area contributed by atoms with Crippen molar-refractivity contribution in [1.29, 1.82) is 5.26 Å². The summed E-state index contributed by atoms with van der Waals surface area (Å²) in [5, 5.41) is 9.03. The van der Waals surface area contributed by atoms with E-state index in [2.05, 4.69) is 17.9 Å². The number of methoxy groups -OCH3 is 2. The number of benzene rings is 1. The topological polar surface area (TPSA) is 45.5 Å². The molecular formula is C16H22N2O2. The monoisotopic (exact) mass is 274 g/mol. The first kappa shape index (κ1) is 14.8. The third-order valence-electron chi connectivity index (χ3n) is 4.03. The van der Waals surface area contributed by atoms with Gasteiger partial charge in [-0.25, -0.2) is 0 Å². The van der Waals surface area contributed by atoms with Crippen molar-refractivity contribution in [1.82, 2.24) is 4.90 Å². The number of ether oxygens (including phenoxy) is 2. The fraction of sp³-hybridized carbons (Fsp3) is 0.562. The molecule has 1 aromatic rings. The van der Waals surface area contributed by atoms with Gasteiger partial charge in [0.1, 0.15) is 5.75 Å². The zero-order valence-corrected chi connectivity index (χ0v) is 12.5. The van der Waals surface area contributed by atoms with Crippen molar-refractivity contribution >= 4 is 0 Å². The van der Waals surface area contributed by atoms with E-state index in [0.717, 1.165) is 43.8 Å². The van der Waals surface area contributed by atoms with Crippen LogP contribution in [0.1, 0.15) is 30.9 Å². The van der Waals surface area contributed by atoms with Gasteiger partial charge in [0, 0.05) is 25.8 Å². The van der Waals surface area contributed by atoms with Gasteiger partial charge in [0.25, 0.3) is 0 Å². The highest BCUT2D eigenvalue weighted by Crippen LogP contribution is 2.27. The second-order valence-corrected chi connectivity index (χ2v) is 5.61. The van der Waals surface area contributed by atoms with Crippen LogP contribution < -0.4 is 4.74 Å². The van der Waals surface area contributed by atoms with Crippen molar-refractivity contribution in [3.05, 3.63) is 29.3 Å². The molecule has 1 fully saturated rings. The summed E-state index contributed by atoms with van der Waals surface area (Å²) in [6, 6.07) is 7.76. The maximum Gasteiger partial charge on any atom is 0.123 e. The lowest BCUT2D eigenvalue weighted by atomic mass is 9.94. The van der Waals surface area contributed by atoms with Gasteiger partial charge in [-0.2, -0.15) is 5.26 Å². The third-order valence-corrected chi connectivity index (χ3v) is 4.03. The summed E-state index contributed by atoms with van der Waals surface area (Å²) in [5.41, 5.74) is 1.66. The Morgan fingerprint density at radius 3 is 2.85 bits per heavy atom. The zero-order valence-electron chi connectivity index (χ0n) is 12.5. The Morgan fingerprint density at radius 1 is 1.40 bits per heavy atom. The number of nitriles is 1. The van der Waals surface area contributed by atoms with E-state index in [1.54, 1.807) is 20.3 Å². The van der Waals surface area contributed by atoms with Crippen LogP contribution in [0.25, 0.3) is 0 Å². The van der Waals surface area contributed by atoms with Crippen LogP contribution in [0.5, 0.6) is 5.75 Å². The Morgan fingerprint density at radius 2 is 2.20 bits per heavy atom. The number of hydrogen-bond acceptors (Lipinski definition) is 4. The number of rotatable bonds is 4. The highest BCUT2D eigenvalue weighted by molar-refractivity contribution is 5.42. The second kappa shape index (κ2) is 6.25. The summed E-state index contributed by atoms with van der Waals surface area (Å²) in [4.78, 5) is 2.37. The fourth-order valence-corrected chi connectivity index (χ4v) is 2.82. The van der Waals surface area contributed by atoms with Crippen LogP contribution in [0, 0.1) is 11.3 Å². The summed E-state index contributed by atoms with van der Waals surface area (Å²) >= 11 is 0. The van der Waals surface area contributed by atoms with Gasteiger partial charge < -0.3 is 9.47 Å². The molecule has 1 aromatic carbocycles. The zero-order chi connectivity index (χ0) is 14.6. The molecular weight excluding hydrogens is 252 g/mol. The summed E-state index contributed by atoms with van der Waals surface area (Å²) in [6.45, 7) is 4.90. The van der Waals surface area contributed by atoms with E-state index in [-0.39, 0.29) is 5.60 Å². The van der Waals surface area contributed by atoms with Crippen molar-refractivity contribution in [2.24, 2.45) is 0 Å². The molecule has 0 saturated carbocycles. The molecule has 1 aliphatic heterocycles. The molecule has 1 heterocycles. The molecule has 1 aliphatic rings. The minimum atomic E-state index is -0.0711. The first-order chi connectivity index (χ1) is 9.60. The average Bonchev–Trinajstić information content (AvgIpc) is 2.47. The summed E-state index contributed by atoms with van der Waals surface area (Å²) in [6.07, 6.45) is 2.22. The van der Waals surface area contributed by atoms with Crippen molar-refractivity contribution in [2.45, 2.75) is 31.9 Å². The van der Waals surface area contributed by atoms with E-state index in [4.69, 9.17) is 14.7 Å². The Bertz CT molecular complexity index is 510. The van der Waals surface area contributed by atoms with E-state index in [9.17, 15) is 0 Å². The first-order valence-corrected chi connectivity index (χ1v) is 6.95. The molecule has 1 unspecified atom stereocenters. The number of piperidine rings is 1. The van der Waals surface area contributed by atoms with E-state index in [0.29, 0.717) is 5.56 Å². The van der Waals surface area contributed by atoms with Crippen LogP contribution in [0.4, 0.5) is 0 Å². The SMILES string of the molecule is COc1ccc(C#N)cc1CN1CCCC(C)(OC)C1. The van der Waals surface area contributed by atoms with Crippen molar-refractivity contribution in [3.63, 3.8) is 0 Å². The van der Waals surface area contributed by atoms with E-state index >= 15 is 0 Å². The van der Waals surface area contributed by atoms with Crippen LogP contribution in [-0.2, 0) is 11.3 Å². The van der Waals surface area contributed by atoms with Gasteiger partial charge in [0.15, 0.2) is 0 Å². The van der Waals surface area contributed by atoms with Crippen molar-refractivity contribution < 1.29 is 9.47 Å². The molecule has 0 aliphatic carbocycles. The Balaban J connectivity index is 2.15. The molecule has 0 radical (unpaired) electrons. The van der Waals surface area contributed by atoms with Gasteiger partial charge in [0.05, 0.1) is 24.3 Å². The molecule has 0 spiro atoms. The first-order valence-electron chi connectivity index (χ1n) is 6.95. The van der Waals surface area contributed by atoms with Crippen LogP contribution in [0.15, 0.2) is 18.2 Å². The average molecular weight is 274 g/mol. The number of hydrogen-bond donors (Lipinski definition) is 0. The van der Waals surface area contributed by atoms with Crippen molar-refractivity contribution in [3.8, 4) is 11.8 Å². The standard InChI is InChI=1S/C16H22N2O2/c1-16(20-3)7-4-8-18(12-16)11-14-9-13(10-17)5-6-15(14)19-2/h5-6,9H,4,7-8,11-12H2,1-3H3. The predicted octanol–water partition coefficient (Wildman–Crippen LogP) is 2.57. The van der Waals surface area contributed by atoms with E-state index in [1.807, 2.05) is 12.1 Å². The van der Waals surface area contributed by atoms with Crippen molar-refractivity contribution in [2.75, 3.05) is 27.3 Å². The summed E-state index contributed by atoms with van der Waals surface area (Å²) < 4.78 is 11.0. The van der Waals surface area contributed by atoms with Crippen LogP contribution in [0.2, 0.25) is 0 Å². The summed E-state index contributed by atoms with van der Waals surface area (Å²) in [7, 11) is 3.45. The van der Waals surface area contributed by atoms with Gasteiger partial charge in [-0.1, -0.05) is 0 Å². The Kier molecular flexibility index (Phi) is 4.64. The predicted molar refractivity (Wildman–Crippen MR) is 77.6 cm³/mol. The van der Waals surface area contributed by atoms with Gasteiger partial charge in [-0.15, -0.1) is 0 Å². The second-order valence-electron chi connectivity index (χ2n) is 5.61. The highest BCUT2D eigenvalue weighted by Gasteiger charge is 2.30. The molecule has 1 saturated heterocycles. The lowest BCUT2D eigenvalue weighted by Crippen LogP contribution is -2.46. The quantitative estimate of drug-likeness (QED) is 0.846. The third kappa shape index (κ3) is 3.30. The van der Waals surface area contributed by atoms with Gasteiger partial charge in [-0.05, 0) is 44.5 Å². The van der Waals surface area contributed by atoms with Crippen LogP contribution in [0.3, 0.4) is 0 Å². The van der Waals surface area contributed by atoms with E-state index < -0.39 is 0 Å².